The molecule has 35 heavy (non-hydrogen) atoms. The molecule has 0 bridgehead atoms. The van der Waals surface area contributed by atoms with Crippen molar-refractivity contribution < 1.29 is 19.1 Å². The quantitative estimate of drug-likeness (QED) is 0.473. The number of thioether (sulfide) groups is 1. The number of rotatable bonds is 7. The van der Waals surface area contributed by atoms with Crippen LogP contribution in [0.2, 0.25) is 0 Å². The largest absolute Gasteiger partial charge is 0.462 e. The molecule has 0 unspecified atom stereocenters. The second-order valence-corrected chi connectivity index (χ2v) is 8.96. The molecule has 1 aliphatic heterocycles. The number of ether oxygens (including phenoxy) is 1. The predicted octanol–water partition coefficient (Wildman–Crippen LogP) is 5.02. The van der Waals surface area contributed by atoms with Crippen molar-refractivity contribution in [3.8, 4) is 0 Å². The van der Waals surface area contributed by atoms with Crippen molar-refractivity contribution in [2.24, 2.45) is 4.99 Å². The number of hydrogen-bond donors (Lipinski definition) is 1. The summed E-state index contributed by atoms with van der Waals surface area (Å²) in [4.78, 5) is 44.4. The van der Waals surface area contributed by atoms with E-state index < -0.39 is 11.2 Å². The van der Waals surface area contributed by atoms with Crippen LogP contribution in [-0.4, -0.2) is 39.7 Å². The van der Waals surface area contributed by atoms with Gasteiger partial charge in [0.25, 0.3) is 0 Å². The van der Waals surface area contributed by atoms with Gasteiger partial charge in [-0.3, -0.25) is 14.5 Å². The van der Waals surface area contributed by atoms with E-state index in [1.165, 1.54) is 11.8 Å². The summed E-state index contributed by atoms with van der Waals surface area (Å²) in [7, 11) is 0. The molecular formula is C27H25N3O4S. The second-order valence-electron chi connectivity index (χ2n) is 7.79. The maximum atomic E-state index is 13.1. The number of nitrogens with one attached hydrogen (secondary N) is 1. The Morgan fingerprint density at radius 2 is 1.66 bits per heavy atom. The summed E-state index contributed by atoms with van der Waals surface area (Å²) < 4.78 is 4.98. The van der Waals surface area contributed by atoms with Crippen LogP contribution in [0.4, 0.5) is 11.4 Å². The molecule has 1 aliphatic rings. The number of nitrogens with zero attached hydrogens (tertiary/aromatic N) is 2. The Morgan fingerprint density at radius 3 is 2.31 bits per heavy atom. The van der Waals surface area contributed by atoms with Gasteiger partial charge in [-0.15, -0.1) is 0 Å². The van der Waals surface area contributed by atoms with E-state index in [0.29, 0.717) is 35.3 Å². The fraction of sp³-hybridized carbons (Fsp3) is 0.185. The van der Waals surface area contributed by atoms with Gasteiger partial charge in [0.1, 0.15) is 5.25 Å². The molecule has 0 aromatic heterocycles. The molecule has 0 radical (unpaired) electrons. The fourth-order valence-electron chi connectivity index (χ4n) is 3.50. The molecule has 4 rings (SSSR count). The van der Waals surface area contributed by atoms with Gasteiger partial charge >= 0.3 is 5.97 Å². The third kappa shape index (κ3) is 6.36. The van der Waals surface area contributed by atoms with Crippen molar-refractivity contribution in [3.63, 3.8) is 0 Å². The zero-order valence-corrected chi connectivity index (χ0v) is 20.0. The Balaban J connectivity index is 1.51. The van der Waals surface area contributed by atoms with Gasteiger partial charge in [0.05, 0.1) is 24.4 Å². The summed E-state index contributed by atoms with van der Waals surface area (Å²) in [6.45, 7) is 2.41. The number of benzene rings is 3. The Bertz CT molecular complexity index is 1210. The minimum Gasteiger partial charge on any atom is -0.462 e. The van der Waals surface area contributed by atoms with E-state index in [1.807, 2.05) is 60.7 Å². The van der Waals surface area contributed by atoms with Gasteiger partial charge in [-0.25, -0.2) is 9.79 Å². The van der Waals surface area contributed by atoms with Crippen LogP contribution in [-0.2, 0) is 20.9 Å². The molecule has 0 spiro atoms. The summed E-state index contributed by atoms with van der Waals surface area (Å²) in [5.41, 5.74) is 2.62. The molecule has 1 fully saturated rings. The monoisotopic (exact) mass is 487 g/mol. The lowest BCUT2D eigenvalue weighted by atomic mass is 10.2. The molecule has 1 atom stereocenters. The lowest BCUT2D eigenvalue weighted by Crippen LogP contribution is -2.44. The topological polar surface area (TPSA) is 88.1 Å². The van der Waals surface area contributed by atoms with Crippen molar-refractivity contribution in [3.05, 3.63) is 96.1 Å². The maximum Gasteiger partial charge on any atom is 0.338 e. The number of anilines is 1. The molecule has 0 aliphatic carbocycles. The summed E-state index contributed by atoms with van der Waals surface area (Å²) in [5, 5.41) is 2.69. The third-order valence-electron chi connectivity index (χ3n) is 5.26. The minimum absolute atomic E-state index is 0.0536. The molecule has 7 nitrogen and oxygen atoms in total. The van der Waals surface area contributed by atoms with Crippen LogP contribution in [0, 0.1) is 0 Å². The molecule has 3 aromatic carbocycles. The van der Waals surface area contributed by atoms with Gasteiger partial charge in [0.15, 0.2) is 5.17 Å². The molecule has 0 saturated carbocycles. The molecular weight excluding hydrogens is 462 g/mol. The van der Waals surface area contributed by atoms with Gasteiger partial charge in [0, 0.05) is 12.1 Å². The first kappa shape index (κ1) is 24.2. The van der Waals surface area contributed by atoms with E-state index in [9.17, 15) is 14.4 Å². The van der Waals surface area contributed by atoms with Gasteiger partial charge in [0.2, 0.25) is 11.8 Å². The lowest BCUT2D eigenvalue weighted by Gasteiger charge is -2.32. The average molecular weight is 488 g/mol. The first-order valence-corrected chi connectivity index (χ1v) is 12.1. The van der Waals surface area contributed by atoms with Gasteiger partial charge in [-0.05, 0) is 48.9 Å². The van der Waals surface area contributed by atoms with E-state index >= 15 is 0 Å². The number of amidine groups is 1. The summed E-state index contributed by atoms with van der Waals surface area (Å²) >= 11 is 1.27. The maximum absolute atomic E-state index is 13.1. The van der Waals surface area contributed by atoms with Gasteiger partial charge in [-0.1, -0.05) is 60.3 Å². The van der Waals surface area contributed by atoms with Crippen molar-refractivity contribution in [2.45, 2.75) is 25.1 Å². The van der Waals surface area contributed by atoms with E-state index in [2.05, 4.69) is 10.3 Å². The van der Waals surface area contributed by atoms with Crippen LogP contribution in [0.3, 0.4) is 0 Å². The highest BCUT2D eigenvalue weighted by atomic mass is 32.2. The number of carbonyl (C=O) groups is 3. The molecule has 8 heteroatoms. The number of esters is 1. The zero-order valence-electron chi connectivity index (χ0n) is 19.2. The predicted molar refractivity (Wildman–Crippen MR) is 138 cm³/mol. The smallest absolute Gasteiger partial charge is 0.338 e. The lowest BCUT2D eigenvalue weighted by molar-refractivity contribution is -0.129. The Morgan fingerprint density at radius 1 is 1.00 bits per heavy atom. The molecule has 178 valence electrons. The highest BCUT2D eigenvalue weighted by Gasteiger charge is 2.36. The first-order valence-electron chi connectivity index (χ1n) is 11.3. The number of amides is 2. The molecule has 2 amide bonds. The van der Waals surface area contributed by atoms with E-state index in [4.69, 9.17) is 4.74 Å². The van der Waals surface area contributed by atoms with Crippen LogP contribution in [0.1, 0.15) is 29.3 Å². The van der Waals surface area contributed by atoms with Crippen molar-refractivity contribution in [1.29, 1.82) is 0 Å². The number of hydrogen-bond acceptors (Lipinski definition) is 6. The third-order valence-corrected chi connectivity index (χ3v) is 6.45. The Kier molecular flexibility index (Phi) is 7.95. The second kappa shape index (κ2) is 11.5. The zero-order chi connectivity index (χ0) is 24.6. The Labute approximate surface area is 208 Å². The molecule has 1 N–H and O–H groups in total. The van der Waals surface area contributed by atoms with Crippen LogP contribution in [0.15, 0.2) is 89.9 Å². The SMILES string of the molecule is CCOC(=O)c1ccc(NC(=O)[C@@H]2CC(=O)N(Cc3ccccc3)C(=Nc3ccccc3)S2)cc1. The normalized spacial score (nSPS) is 16.7. The number of aliphatic imine (C=N–C) groups is 1. The molecule has 3 aromatic rings. The Hall–Kier alpha value is -3.91. The van der Waals surface area contributed by atoms with Crippen LogP contribution < -0.4 is 5.32 Å². The molecule has 1 saturated heterocycles. The standard InChI is InChI=1S/C27H25N3O4S/c1-2-34-26(33)20-13-15-22(16-14-20)28-25(32)23-17-24(31)30(18-19-9-5-3-6-10-19)27(35-23)29-21-11-7-4-8-12-21/h3-16,23H,2,17-18H2,1H3,(H,28,32)/t23-/m0/s1. The van der Waals surface area contributed by atoms with Gasteiger partial charge in [-0.2, -0.15) is 0 Å². The highest BCUT2D eigenvalue weighted by molar-refractivity contribution is 8.15. The van der Waals surface area contributed by atoms with Crippen LogP contribution in [0.25, 0.3) is 0 Å². The van der Waals surface area contributed by atoms with E-state index in [-0.39, 0.29) is 18.2 Å². The van der Waals surface area contributed by atoms with E-state index in [1.54, 1.807) is 36.1 Å². The number of para-hydroxylation sites is 1. The summed E-state index contributed by atoms with van der Waals surface area (Å²) in [6.07, 6.45) is 0.0536. The average Bonchev–Trinajstić information content (AvgIpc) is 2.87. The highest BCUT2D eigenvalue weighted by Crippen LogP contribution is 2.31. The van der Waals surface area contributed by atoms with Crippen LogP contribution in [0.5, 0.6) is 0 Å². The van der Waals surface area contributed by atoms with Crippen molar-refractivity contribution >= 4 is 46.1 Å². The summed E-state index contributed by atoms with van der Waals surface area (Å²) in [6, 6.07) is 25.5. The fourth-order valence-corrected chi connectivity index (χ4v) is 4.60. The van der Waals surface area contributed by atoms with E-state index in [0.717, 1.165) is 5.56 Å². The van der Waals surface area contributed by atoms with Gasteiger partial charge < -0.3 is 10.1 Å². The number of carbonyl (C=O) groups excluding carboxylic acids is 3. The van der Waals surface area contributed by atoms with Crippen LogP contribution >= 0.6 is 11.8 Å². The minimum atomic E-state index is -0.637. The summed E-state index contributed by atoms with van der Waals surface area (Å²) in [5.74, 6) is -0.883. The molecule has 1 heterocycles. The van der Waals surface area contributed by atoms with Crippen molar-refractivity contribution in [2.75, 3.05) is 11.9 Å². The van der Waals surface area contributed by atoms with Crippen molar-refractivity contribution in [1.82, 2.24) is 4.90 Å². The first-order chi connectivity index (χ1) is 17.0.